The summed E-state index contributed by atoms with van der Waals surface area (Å²) in [6, 6.07) is 16.1. The summed E-state index contributed by atoms with van der Waals surface area (Å²) in [4.78, 5) is 12.3. The van der Waals surface area contributed by atoms with E-state index in [1.807, 2.05) is 53.9 Å². The average molecular weight is 402 g/mol. The van der Waals surface area contributed by atoms with Crippen molar-refractivity contribution < 1.29 is 9.53 Å². The van der Waals surface area contributed by atoms with E-state index in [0.717, 1.165) is 17.0 Å². The van der Waals surface area contributed by atoms with Gasteiger partial charge in [0.2, 0.25) is 0 Å². The summed E-state index contributed by atoms with van der Waals surface area (Å²) in [5, 5.41) is 2.98. The summed E-state index contributed by atoms with van der Waals surface area (Å²) < 4.78 is 6.20. The number of carbonyl (C=O) groups excluding carboxylic acids is 1. The van der Waals surface area contributed by atoms with Crippen LogP contribution in [0.2, 0.25) is 0 Å². The van der Waals surface area contributed by atoms with E-state index in [2.05, 4.69) is 44.3 Å². The van der Waals surface area contributed by atoms with Crippen molar-refractivity contribution in [1.82, 2.24) is 0 Å². The maximum atomic E-state index is 12.3. The van der Waals surface area contributed by atoms with Crippen molar-refractivity contribution in [3.63, 3.8) is 0 Å². The largest absolute Gasteiger partial charge is 0.484 e. The summed E-state index contributed by atoms with van der Waals surface area (Å²) in [6.45, 7) is 6.42. The third-order valence-electron chi connectivity index (χ3n) is 4.36. The molecule has 1 aliphatic heterocycles. The van der Waals surface area contributed by atoms with Gasteiger partial charge in [-0.2, -0.15) is 0 Å². The minimum Gasteiger partial charge on any atom is -0.484 e. The van der Waals surface area contributed by atoms with Gasteiger partial charge < -0.3 is 10.1 Å². The third-order valence-corrected chi connectivity index (χ3v) is 7.37. The molecule has 1 N–H and O–H groups in total. The highest BCUT2D eigenvalue weighted by Gasteiger charge is 2.19. The molecule has 5 heteroatoms. The molecule has 0 spiro atoms. The van der Waals surface area contributed by atoms with Gasteiger partial charge in [0.25, 0.3) is 5.91 Å². The van der Waals surface area contributed by atoms with Gasteiger partial charge in [0, 0.05) is 5.69 Å². The molecule has 0 aliphatic carbocycles. The van der Waals surface area contributed by atoms with Gasteiger partial charge in [0.1, 0.15) is 5.75 Å². The molecule has 1 saturated heterocycles. The van der Waals surface area contributed by atoms with Crippen LogP contribution in [-0.4, -0.2) is 24.0 Å². The van der Waals surface area contributed by atoms with Crippen molar-refractivity contribution in [1.29, 1.82) is 0 Å². The first-order chi connectivity index (χ1) is 12.9. The van der Waals surface area contributed by atoms with Gasteiger partial charge in [-0.3, -0.25) is 4.79 Å². The number of hydrogen-bond acceptors (Lipinski definition) is 4. The smallest absolute Gasteiger partial charge is 0.262 e. The molecule has 3 nitrogen and oxygen atoms in total. The van der Waals surface area contributed by atoms with Gasteiger partial charge in [-0.05, 0) is 52.7 Å². The average Bonchev–Trinajstić information content (AvgIpc) is 2.67. The summed E-state index contributed by atoms with van der Waals surface area (Å²) in [5.41, 5.74) is 3.25. The lowest BCUT2D eigenvalue weighted by Gasteiger charge is -2.23. The second-order valence-corrected chi connectivity index (χ2v) is 10.4. The van der Waals surface area contributed by atoms with Crippen LogP contribution in [0.5, 0.6) is 5.75 Å². The number of ether oxygens (including phenoxy) is 1. The van der Waals surface area contributed by atoms with E-state index in [1.54, 1.807) is 0 Å². The molecule has 2 aromatic carbocycles. The van der Waals surface area contributed by atoms with E-state index < -0.39 is 0 Å². The Morgan fingerprint density at radius 2 is 1.74 bits per heavy atom. The summed E-state index contributed by atoms with van der Waals surface area (Å²) >= 11 is 4.01. The van der Waals surface area contributed by atoms with Crippen LogP contribution in [0.3, 0.4) is 0 Å². The van der Waals surface area contributed by atoms with E-state index in [9.17, 15) is 4.79 Å². The van der Waals surface area contributed by atoms with Gasteiger partial charge in [-0.15, -0.1) is 23.5 Å². The van der Waals surface area contributed by atoms with Crippen LogP contribution in [0.4, 0.5) is 5.69 Å². The zero-order valence-corrected chi connectivity index (χ0v) is 17.8. The Morgan fingerprint density at radius 1 is 1.07 bits per heavy atom. The number of amides is 1. The highest BCUT2D eigenvalue weighted by Crippen LogP contribution is 2.43. The Bertz CT molecular complexity index is 763. The number of thioether (sulfide) groups is 2. The molecule has 1 aliphatic rings. The van der Waals surface area contributed by atoms with E-state index in [-0.39, 0.29) is 17.9 Å². The predicted octanol–water partition coefficient (Wildman–Crippen LogP) is 5.87. The second kappa shape index (κ2) is 9.07. The van der Waals surface area contributed by atoms with Crippen LogP contribution < -0.4 is 10.1 Å². The van der Waals surface area contributed by atoms with Crippen LogP contribution in [-0.2, 0) is 10.2 Å². The Kier molecular flexibility index (Phi) is 6.77. The Morgan fingerprint density at radius 3 is 2.41 bits per heavy atom. The first kappa shape index (κ1) is 20.2. The van der Waals surface area contributed by atoms with Crippen molar-refractivity contribution in [2.75, 3.05) is 23.4 Å². The first-order valence-electron chi connectivity index (χ1n) is 9.29. The molecule has 0 saturated carbocycles. The van der Waals surface area contributed by atoms with Gasteiger partial charge in [0.05, 0.1) is 4.58 Å². The molecule has 0 atom stereocenters. The Labute approximate surface area is 170 Å². The Hall–Kier alpha value is -1.59. The van der Waals surface area contributed by atoms with Crippen LogP contribution in [0.25, 0.3) is 0 Å². The lowest BCUT2D eigenvalue weighted by atomic mass is 9.86. The van der Waals surface area contributed by atoms with Crippen LogP contribution in [0.15, 0.2) is 48.5 Å². The standard InChI is InChI=1S/C22H27NO2S2/c1-22(2,3)18-7-4-5-8-19(18)23-20(24)15-25-17-11-9-16(10-12-17)21-26-13-6-14-27-21/h4-5,7-12,21H,6,13-15H2,1-3H3,(H,23,24). The molecule has 3 rings (SSSR count). The van der Waals surface area contributed by atoms with E-state index in [0.29, 0.717) is 4.58 Å². The minimum absolute atomic E-state index is 0.00471. The molecule has 2 aromatic rings. The van der Waals surface area contributed by atoms with E-state index >= 15 is 0 Å². The predicted molar refractivity (Wildman–Crippen MR) is 118 cm³/mol. The number of benzene rings is 2. The fraction of sp³-hybridized carbons (Fsp3) is 0.409. The van der Waals surface area contributed by atoms with Gasteiger partial charge in [-0.1, -0.05) is 51.1 Å². The van der Waals surface area contributed by atoms with Gasteiger partial charge >= 0.3 is 0 Å². The van der Waals surface area contributed by atoms with Crippen LogP contribution in [0, 0.1) is 0 Å². The molecule has 0 radical (unpaired) electrons. The van der Waals surface area contributed by atoms with Gasteiger partial charge in [0.15, 0.2) is 6.61 Å². The third kappa shape index (κ3) is 5.69. The zero-order chi connectivity index (χ0) is 19.3. The van der Waals surface area contributed by atoms with Gasteiger partial charge in [-0.25, -0.2) is 0 Å². The lowest BCUT2D eigenvalue weighted by Crippen LogP contribution is -2.23. The number of carbonyl (C=O) groups is 1. The molecule has 1 heterocycles. The quantitative estimate of drug-likeness (QED) is 0.680. The molecule has 0 unspecified atom stereocenters. The van der Waals surface area contributed by atoms with E-state index in [1.165, 1.54) is 23.5 Å². The van der Waals surface area contributed by atoms with Crippen LogP contribution >= 0.6 is 23.5 Å². The highest BCUT2D eigenvalue weighted by atomic mass is 32.2. The van der Waals surface area contributed by atoms with Crippen molar-refractivity contribution in [3.8, 4) is 5.75 Å². The molecular weight excluding hydrogens is 374 g/mol. The second-order valence-electron chi connectivity index (χ2n) is 7.63. The molecule has 1 amide bonds. The Balaban J connectivity index is 1.55. The molecule has 0 aromatic heterocycles. The SMILES string of the molecule is CC(C)(C)c1ccccc1NC(=O)COc1ccc(C2SCCCS2)cc1. The monoisotopic (exact) mass is 401 g/mol. The normalized spacial score (nSPS) is 15.4. The number of para-hydroxylation sites is 1. The summed E-state index contributed by atoms with van der Waals surface area (Å²) in [7, 11) is 0. The fourth-order valence-corrected chi connectivity index (χ4v) is 5.88. The lowest BCUT2D eigenvalue weighted by molar-refractivity contribution is -0.118. The van der Waals surface area contributed by atoms with Crippen molar-refractivity contribution in [2.24, 2.45) is 0 Å². The summed E-state index contributed by atoms with van der Waals surface area (Å²) in [6.07, 6.45) is 1.29. The summed E-state index contributed by atoms with van der Waals surface area (Å²) in [5.74, 6) is 3.04. The molecule has 0 bridgehead atoms. The van der Waals surface area contributed by atoms with Crippen molar-refractivity contribution in [3.05, 3.63) is 59.7 Å². The maximum Gasteiger partial charge on any atom is 0.262 e. The van der Waals surface area contributed by atoms with Crippen molar-refractivity contribution in [2.45, 2.75) is 37.2 Å². The van der Waals surface area contributed by atoms with Crippen LogP contribution in [0.1, 0.15) is 42.9 Å². The number of nitrogens with one attached hydrogen (secondary N) is 1. The van der Waals surface area contributed by atoms with Crippen molar-refractivity contribution >= 4 is 35.1 Å². The highest BCUT2D eigenvalue weighted by molar-refractivity contribution is 8.16. The molecule has 1 fully saturated rings. The zero-order valence-electron chi connectivity index (χ0n) is 16.2. The molecule has 27 heavy (non-hydrogen) atoms. The first-order valence-corrected chi connectivity index (χ1v) is 11.4. The minimum atomic E-state index is -0.144. The number of anilines is 1. The number of rotatable bonds is 5. The molecule has 144 valence electrons. The fourth-order valence-electron chi connectivity index (χ4n) is 2.98. The maximum absolute atomic E-state index is 12.3. The topological polar surface area (TPSA) is 38.3 Å². The van der Waals surface area contributed by atoms with E-state index in [4.69, 9.17) is 4.74 Å². The number of hydrogen-bond donors (Lipinski definition) is 1. The molecular formula is C22H27NO2S2.